The monoisotopic (exact) mass is 593 g/mol. The van der Waals surface area contributed by atoms with Crippen LogP contribution in [0.15, 0.2) is 40.6 Å². The van der Waals surface area contributed by atoms with Crippen LogP contribution in [0.1, 0.15) is 10.8 Å². The Morgan fingerprint density at radius 2 is 2.21 bits per heavy atom. The van der Waals surface area contributed by atoms with E-state index in [0.717, 1.165) is 22.9 Å². The number of thioether (sulfide) groups is 1. The smallest absolute Gasteiger partial charge is 0.278 e. The molecule has 0 radical (unpaired) electrons. The Morgan fingerprint density at radius 3 is 2.89 bits per heavy atom. The summed E-state index contributed by atoms with van der Waals surface area (Å²) in [7, 11) is 1.91. The molecule has 17 heteroatoms. The number of hydrogen-bond acceptors (Lipinski definition) is 12. The standard InChI is InChI=1S/C21H17FN8O4S4/c1-29-5-3-2-4-11(29)10-7-36-17(24-10)9-6-37-19-13(18(32)30(19)14(9)20(33)35)25-16(31)12(27-34-8-22)15-26-21(23)38-28-15/h2-5,7,13,19H,6,8H2,1H3,(H3-,23,25,26,28,31,33,35)/p+1/b27-12-/t13-,19-/m1/s1. The van der Waals surface area contributed by atoms with Gasteiger partial charge in [-0.05, 0) is 6.07 Å². The quantitative estimate of drug-likeness (QED) is 0.114. The number of alkyl halides is 1. The van der Waals surface area contributed by atoms with Gasteiger partial charge in [-0.3, -0.25) is 19.3 Å². The summed E-state index contributed by atoms with van der Waals surface area (Å²) < 4.78 is 18.4. The van der Waals surface area contributed by atoms with E-state index in [1.54, 1.807) is 0 Å². The van der Waals surface area contributed by atoms with Crippen LogP contribution in [0.3, 0.4) is 0 Å². The predicted octanol–water partition coefficient (Wildman–Crippen LogP) is 0.984. The molecule has 0 aromatic carbocycles. The van der Waals surface area contributed by atoms with Gasteiger partial charge in [-0.2, -0.15) is 13.9 Å². The van der Waals surface area contributed by atoms with E-state index in [1.807, 2.05) is 41.4 Å². The van der Waals surface area contributed by atoms with Crippen LogP contribution in [0.5, 0.6) is 0 Å². The average Bonchev–Trinajstić information content (AvgIpc) is 3.56. The summed E-state index contributed by atoms with van der Waals surface area (Å²) in [6.45, 7) is -1.28. The predicted molar refractivity (Wildman–Crippen MR) is 143 cm³/mol. The van der Waals surface area contributed by atoms with Crippen molar-refractivity contribution in [1.29, 1.82) is 0 Å². The number of halogens is 1. The van der Waals surface area contributed by atoms with Gasteiger partial charge < -0.3 is 15.9 Å². The van der Waals surface area contributed by atoms with E-state index >= 15 is 0 Å². The molecule has 0 spiro atoms. The Labute approximate surface area is 232 Å². The zero-order valence-electron chi connectivity index (χ0n) is 19.4. The van der Waals surface area contributed by atoms with Crippen molar-refractivity contribution in [2.45, 2.75) is 11.4 Å². The van der Waals surface area contributed by atoms with Crippen molar-refractivity contribution in [2.24, 2.45) is 12.2 Å². The first-order valence-electron chi connectivity index (χ1n) is 10.8. The highest BCUT2D eigenvalue weighted by atomic mass is 32.2. The van der Waals surface area contributed by atoms with Crippen molar-refractivity contribution in [2.75, 3.05) is 18.3 Å². The lowest BCUT2D eigenvalue weighted by molar-refractivity contribution is -0.660. The normalized spacial score (nSPS) is 19.2. The molecule has 2 amide bonds. The van der Waals surface area contributed by atoms with Gasteiger partial charge in [-0.1, -0.05) is 17.8 Å². The minimum atomic E-state index is -1.28. The van der Waals surface area contributed by atoms with Gasteiger partial charge in [0.25, 0.3) is 18.7 Å². The lowest BCUT2D eigenvalue weighted by Crippen LogP contribution is -2.70. The molecule has 0 unspecified atom stereocenters. The first-order chi connectivity index (χ1) is 18.3. The van der Waals surface area contributed by atoms with Crippen molar-refractivity contribution in [3.05, 3.63) is 46.3 Å². The number of nitrogens with one attached hydrogen (secondary N) is 1. The number of amides is 2. The molecule has 1 saturated heterocycles. The number of rotatable bonds is 8. The molecule has 196 valence electrons. The second kappa shape index (κ2) is 10.8. The van der Waals surface area contributed by atoms with Gasteiger partial charge in [0, 0.05) is 40.4 Å². The molecular formula is C21H18FN8O4S4+. The van der Waals surface area contributed by atoms with E-state index in [4.69, 9.17) is 10.7 Å². The van der Waals surface area contributed by atoms with Crippen molar-refractivity contribution < 1.29 is 28.2 Å². The SMILES string of the molecule is C[n+]1ccccc1-c1csc(C2=C(C(=O)S)N3C(=O)[C@@H](NC(=O)/C(=N\OCF)c4nsc(N)n4)[C@H]3SC2)n1. The van der Waals surface area contributed by atoms with Gasteiger partial charge in [-0.15, -0.1) is 23.1 Å². The zero-order chi connectivity index (χ0) is 27.0. The Morgan fingerprint density at radius 1 is 1.39 bits per heavy atom. The molecule has 2 aliphatic rings. The third-order valence-corrected chi connectivity index (χ3v) is 8.55. The molecule has 3 N–H and O–H groups in total. The topological polar surface area (TPSA) is 157 Å². The second-order valence-corrected chi connectivity index (χ2v) is 11.0. The van der Waals surface area contributed by atoms with Crippen LogP contribution in [-0.4, -0.2) is 65.9 Å². The van der Waals surface area contributed by atoms with Gasteiger partial charge in [0.15, 0.2) is 11.3 Å². The van der Waals surface area contributed by atoms with Crippen LogP contribution in [0.2, 0.25) is 0 Å². The van der Waals surface area contributed by atoms with E-state index in [2.05, 4.69) is 37.3 Å². The summed E-state index contributed by atoms with van der Waals surface area (Å²) in [6.07, 6.45) is 1.91. The van der Waals surface area contributed by atoms with Gasteiger partial charge >= 0.3 is 0 Å². The number of carbonyl (C=O) groups excluding carboxylic acids is 3. The van der Waals surface area contributed by atoms with Crippen LogP contribution >= 0.6 is 47.3 Å². The fraction of sp³-hybridized carbons (Fsp3) is 0.238. The van der Waals surface area contributed by atoms with Crippen LogP contribution in [-0.2, 0) is 26.3 Å². The third-order valence-electron chi connectivity index (χ3n) is 5.61. The Bertz CT molecular complexity index is 1510. The number of β-lactam (4-membered cyclic amide) rings is 1. The van der Waals surface area contributed by atoms with Crippen molar-refractivity contribution in [3.63, 3.8) is 0 Å². The minimum absolute atomic E-state index is 0.0652. The van der Waals surface area contributed by atoms with Crippen LogP contribution in [0, 0.1) is 0 Å². The molecule has 0 saturated carbocycles. The Hall–Kier alpha value is -3.41. The van der Waals surface area contributed by atoms with Crippen molar-refractivity contribution in [1.82, 2.24) is 24.6 Å². The zero-order valence-corrected chi connectivity index (χ0v) is 22.7. The van der Waals surface area contributed by atoms with E-state index in [9.17, 15) is 18.8 Å². The fourth-order valence-electron chi connectivity index (χ4n) is 3.92. The summed E-state index contributed by atoms with van der Waals surface area (Å²) >= 11 is 7.55. The Balaban J connectivity index is 1.39. The van der Waals surface area contributed by atoms with Gasteiger partial charge in [0.1, 0.15) is 34.9 Å². The number of pyridine rings is 1. The maximum Gasteiger partial charge on any atom is 0.278 e. The molecule has 2 atom stereocenters. The number of fused-ring (bicyclic) bond motifs is 1. The van der Waals surface area contributed by atoms with Crippen LogP contribution in [0.25, 0.3) is 17.0 Å². The number of nitrogens with two attached hydrogens (primary N) is 1. The maximum absolute atomic E-state index is 13.1. The number of thiazole rings is 1. The number of nitrogen functional groups attached to an aromatic ring is 1. The summed E-state index contributed by atoms with van der Waals surface area (Å²) in [5, 5.41) is 7.36. The molecule has 5 heterocycles. The summed E-state index contributed by atoms with van der Waals surface area (Å²) in [5.41, 5.74) is 7.46. The summed E-state index contributed by atoms with van der Waals surface area (Å²) in [6, 6.07) is 4.76. The first-order valence-corrected chi connectivity index (χ1v) is 13.9. The number of nitrogens with zero attached hydrogens (tertiary/aromatic N) is 6. The molecule has 2 aliphatic heterocycles. The van der Waals surface area contributed by atoms with E-state index in [0.29, 0.717) is 16.3 Å². The average molecular weight is 594 g/mol. The van der Waals surface area contributed by atoms with Gasteiger partial charge in [0.2, 0.25) is 22.3 Å². The highest BCUT2D eigenvalue weighted by Gasteiger charge is 2.54. The minimum Gasteiger partial charge on any atom is -0.374 e. The van der Waals surface area contributed by atoms with Crippen molar-refractivity contribution in [3.8, 4) is 11.4 Å². The van der Waals surface area contributed by atoms with Crippen LogP contribution < -0.4 is 15.6 Å². The molecule has 38 heavy (non-hydrogen) atoms. The van der Waals surface area contributed by atoms with E-state index < -0.39 is 40.9 Å². The van der Waals surface area contributed by atoms with E-state index in [1.165, 1.54) is 28.0 Å². The molecular weight excluding hydrogens is 576 g/mol. The maximum atomic E-state index is 13.1. The van der Waals surface area contributed by atoms with E-state index in [-0.39, 0.29) is 16.7 Å². The number of aromatic nitrogens is 4. The lowest BCUT2D eigenvalue weighted by Gasteiger charge is -2.49. The number of carbonyl (C=O) groups is 3. The molecule has 12 nitrogen and oxygen atoms in total. The highest BCUT2D eigenvalue weighted by molar-refractivity contribution is 8.00. The molecule has 3 aromatic rings. The number of anilines is 1. The van der Waals surface area contributed by atoms with Crippen molar-refractivity contribution >= 4 is 80.6 Å². The summed E-state index contributed by atoms with van der Waals surface area (Å²) in [4.78, 5) is 52.9. The lowest BCUT2D eigenvalue weighted by atomic mass is 10.0. The van der Waals surface area contributed by atoms with Gasteiger partial charge in [-0.25, -0.2) is 9.37 Å². The Kier molecular flexibility index (Phi) is 7.42. The number of thiol groups is 1. The largest absolute Gasteiger partial charge is 0.374 e. The number of oxime groups is 1. The molecule has 5 rings (SSSR count). The van der Waals surface area contributed by atoms with Crippen LogP contribution in [0.4, 0.5) is 9.52 Å². The molecule has 3 aromatic heterocycles. The third kappa shape index (κ3) is 4.77. The second-order valence-electron chi connectivity index (χ2n) is 7.86. The van der Waals surface area contributed by atoms with Gasteiger partial charge in [0.05, 0.1) is 0 Å². The molecule has 0 bridgehead atoms. The first kappa shape index (κ1) is 26.2. The number of aryl methyl sites for hydroxylation is 1. The number of hydrogen-bond donors (Lipinski definition) is 3. The fourth-order valence-corrected chi connectivity index (χ4v) is 6.89. The highest BCUT2D eigenvalue weighted by Crippen LogP contribution is 2.44. The summed E-state index contributed by atoms with van der Waals surface area (Å²) in [5.74, 6) is -1.19. The molecule has 1 fully saturated rings. The molecule has 0 aliphatic carbocycles.